The molecule has 1 aliphatic heterocycles. The van der Waals surface area contributed by atoms with Gasteiger partial charge in [0.05, 0.1) is 23.2 Å². The summed E-state index contributed by atoms with van der Waals surface area (Å²) < 4.78 is 44.8. The fourth-order valence-electron chi connectivity index (χ4n) is 1.90. The summed E-state index contributed by atoms with van der Waals surface area (Å²) in [5.74, 6) is -0.655. The summed E-state index contributed by atoms with van der Waals surface area (Å²) in [6, 6.07) is 1.98. The zero-order valence-corrected chi connectivity index (χ0v) is 12.7. The summed E-state index contributed by atoms with van der Waals surface area (Å²) in [4.78, 5) is -0.0409. The second-order valence-electron chi connectivity index (χ2n) is 4.34. The van der Waals surface area contributed by atoms with Gasteiger partial charge in [-0.3, -0.25) is 0 Å². The molecule has 0 aromatic heterocycles. The quantitative estimate of drug-likeness (QED) is 0.838. The molecule has 1 aromatic rings. The molecule has 19 heavy (non-hydrogen) atoms. The van der Waals surface area contributed by atoms with Crippen LogP contribution in [0.25, 0.3) is 0 Å². The number of benzene rings is 1. The Labute approximate surface area is 119 Å². The Morgan fingerprint density at radius 3 is 2.79 bits per heavy atom. The van der Waals surface area contributed by atoms with Crippen LogP contribution in [0.15, 0.2) is 21.5 Å². The average molecular weight is 353 g/mol. The third-order valence-electron chi connectivity index (χ3n) is 3.13. The highest BCUT2D eigenvalue weighted by atomic mass is 79.9. The minimum absolute atomic E-state index is 0.0409. The lowest BCUT2D eigenvalue weighted by atomic mass is 10.3. The van der Waals surface area contributed by atoms with Gasteiger partial charge in [-0.05, 0) is 34.5 Å². The summed E-state index contributed by atoms with van der Waals surface area (Å²) in [6.45, 7) is 0.904. The maximum Gasteiger partial charge on any atom is 0.244 e. The third-order valence-corrected chi connectivity index (χ3v) is 6.00. The number of sulfonamides is 1. The number of anilines is 1. The maximum atomic E-state index is 13.3. The van der Waals surface area contributed by atoms with Crippen molar-refractivity contribution in [3.05, 3.63) is 22.4 Å². The van der Waals surface area contributed by atoms with Crippen molar-refractivity contribution in [1.29, 1.82) is 0 Å². The van der Waals surface area contributed by atoms with E-state index >= 15 is 0 Å². The zero-order chi connectivity index (χ0) is 14.2. The van der Waals surface area contributed by atoms with E-state index < -0.39 is 15.8 Å². The van der Waals surface area contributed by atoms with Gasteiger partial charge < -0.3 is 10.5 Å². The van der Waals surface area contributed by atoms with Crippen LogP contribution in [0.5, 0.6) is 0 Å². The molecule has 1 unspecified atom stereocenters. The van der Waals surface area contributed by atoms with Gasteiger partial charge in [0.1, 0.15) is 5.82 Å². The van der Waals surface area contributed by atoms with Gasteiger partial charge in [0.2, 0.25) is 10.0 Å². The fraction of sp³-hybridized carbons (Fsp3) is 0.455. The number of halogens is 2. The second-order valence-corrected chi connectivity index (χ2v) is 7.16. The molecule has 0 amide bonds. The van der Waals surface area contributed by atoms with E-state index in [2.05, 4.69) is 15.9 Å². The van der Waals surface area contributed by atoms with Gasteiger partial charge in [-0.25, -0.2) is 12.8 Å². The molecule has 1 fully saturated rings. The Morgan fingerprint density at radius 1 is 1.53 bits per heavy atom. The first-order chi connectivity index (χ1) is 8.84. The van der Waals surface area contributed by atoms with Crippen molar-refractivity contribution in [2.75, 3.05) is 26.0 Å². The Balaban J connectivity index is 2.41. The monoisotopic (exact) mass is 352 g/mol. The number of rotatable bonds is 3. The maximum absolute atomic E-state index is 13.3. The fourth-order valence-corrected chi connectivity index (χ4v) is 4.28. The lowest BCUT2D eigenvalue weighted by Gasteiger charge is -2.23. The van der Waals surface area contributed by atoms with Gasteiger partial charge in [-0.15, -0.1) is 0 Å². The number of hydrogen-bond donors (Lipinski definition) is 1. The summed E-state index contributed by atoms with van der Waals surface area (Å²) >= 11 is 3.06. The van der Waals surface area contributed by atoms with E-state index in [9.17, 15) is 12.8 Å². The molecule has 0 saturated carbocycles. The standard InChI is InChI=1S/C11H14BrFN2O3S/c1-15(7-2-3-18-6-7)19(16,17)11-5-10(14)9(13)4-8(11)12/h4-5,7H,2-3,6,14H2,1H3. The normalized spacial score (nSPS) is 20.1. The van der Waals surface area contributed by atoms with Gasteiger partial charge in [0.25, 0.3) is 0 Å². The molecule has 1 heterocycles. The van der Waals surface area contributed by atoms with Crippen molar-refractivity contribution in [2.45, 2.75) is 17.4 Å². The Kier molecular flexibility index (Phi) is 4.14. The molecule has 0 bridgehead atoms. The Hall–Kier alpha value is -0.700. The van der Waals surface area contributed by atoms with Crippen molar-refractivity contribution >= 4 is 31.6 Å². The topological polar surface area (TPSA) is 72.6 Å². The Bertz CT molecular complexity index is 588. The SMILES string of the molecule is CN(C1CCOC1)S(=O)(=O)c1cc(N)c(F)cc1Br. The van der Waals surface area contributed by atoms with Crippen molar-refractivity contribution in [1.82, 2.24) is 4.31 Å². The van der Waals surface area contributed by atoms with E-state index in [-0.39, 0.29) is 21.1 Å². The number of hydrogen-bond acceptors (Lipinski definition) is 4. The highest BCUT2D eigenvalue weighted by Gasteiger charge is 2.32. The summed E-state index contributed by atoms with van der Waals surface area (Å²) in [7, 11) is -2.25. The van der Waals surface area contributed by atoms with Crippen LogP contribution >= 0.6 is 15.9 Å². The zero-order valence-electron chi connectivity index (χ0n) is 10.3. The minimum Gasteiger partial charge on any atom is -0.396 e. The van der Waals surface area contributed by atoms with Gasteiger partial charge in [0.15, 0.2) is 0 Å². The summed E-state index contributed by atoms with van der Waals surface area (Å²) in [5.41, 5.74) is 5.24. The third kappa shape index (κ3) is 2.76. The van der Waals surface area contributed by atoms with Crippen molar-refractivity contribution in [2.24, 2.45) is 0 Å². The molecular weight excluding hydrogens is 339 g/mol. The first-order valence-electron chi connectivity index (χ1n) is 5.64. The summed E-state index contributed by atoms with van der Waals surface area (Å²) in [5, 5.41) is 0. The van der Waals surface area contributed by atoms with E-state index in [4.69, 9.17) is 10.5 Å². The second kappa shape index (κ2) is 5.35. The number of nitrogens with two attached hydrogens (primary N) is 1. The molecule has 1 aromatic carbocycles. The van der Waals surface area contributed by atoms with Crippen LogP contribution in [0.2, 0.25) is 0 Å². The molecule has 1 atom stereocenters. The molecule has 5 nitrogen and oxygen atoms in total. The molecule has 0 aliphatic carbocycles. The largest absolute Gasteiger partial charge is 0.396 e. The van der Waals surface area contributed by atoms with Gasteiger partial charge in [0, 0.05) is 18.1 Å². The minimum atomic E-state index is -3.73. The van der Waals surface area contributed by atoms with Crippen LogP contribution in [0, 0.1) is 5.82 Å². The molecule has 0 spiro atoms. The number of ether oxygens (including phenoxy) is 1. The molecule has 8 heteroatoms. The molecule has 106 valence electrons. The summed E-state index contributed by atoms with van der Waals surface area (Å²) in [6.07, 6.45) is 0.643. The molecule has 2 N–H and O–H groups in total. The van der Waals surface area contributed by atoms with Crippen molar-refractivity contribution < 1.29 is 17.5 Å². The lowest BCUT2D eigenvalue weighted by molar-refractivity contribution is 0.181. The average Bonchev–Trinajstić information content (AvgIpc) is 2.86. The molecule has 1 aliphatic rings. The number of nitrogens with zero attached hydrogens (tertiary/aromatic N) is 1. The number of nitrogen functional groups attached to an aromatic ring is 1. The van der Waals surface area contributed by atoms with E-state index in [1.165, 1.54) is 11.4 Å². The molecular formula is C11H14BrFN2O3S. The lowest BCUT2D eigenvalue weighted by Crippen LogP contribution is -2.37. The van der Waals surface area contributed by atoms with Crippen LogP contribution in [0.4, 0.5) is 10.1 Å². The first kappa shape index (κ1) is 14.7. The highest BCUT2D eigenvalue weighted by molar-refractivity contribution is 9.10. The smallest absolute Gasteiger partial charge is 0.244 e. The Morgan fingerprint density at radius 2 is 2.21 bits per heavy atom. The van der Waals surface area contributed by atoms with E-state index in [0.717, 1.165) is 12.1 Å². The van der Waals surface area contributed by atoms with Gasteiger partial charge in [-0.1, -0.05) is 0 Å². The number of likely N-dealkylation sites (N-methyl/N-ethyl adjacent to an activating group) is 1. The van der Waals surface area contributed by atoms with E-state index in [0.29, 0.717) is 19.6 Å². The molecule has 2 rings (SSSR count). The predicted octanol–water partition coefficient (Wildman–Crippen LogP) is 1.58. The van der Waals surface area contributed by atoms with Crippen LogP contribution in [0.1, 0.15) is 6.42 Å². The molecule has 0 radical (unpaired) electrons. The van der Waals surface area contributed by atoms with Crippen LogP contribution in [-0.4, -0.2) is 39.0 Å². The predicted molar refractivity (Wildman–Crippen MR) is 72.7 cm³/mol. The molecule has 1 saturated heterocycles. The van der Waals surface area contributed by atoms with E-state index in [1.807, 2.05) is 0 Å². The highest BCUT2D eigenvalue weighted by Crippen LogP contribution is 2.30. The van der Waals surface area contributed by atoms with Crippen LogP contribution < -0.4 is 5.73 Å². The van der Waals surface area contributed by atoms with Crippen molar-refractivity contribution in [3.63, 3.8) is 0 Å². The first-order valence-corrected chi connectivity index (χ1v) is 7.87. The van der Waals surface area contributed by atoms with Gasteiger partial charge in [-0.2, -0.15) is 4.31 Å². The van der Waals surface area contributed by atoms with Gasteiger partial charge >= 0.3 is 0 Å². The van der Waals surface area contributed by atoms with E-state index in [1.54, 1.807) is 0 Å². The van der Waals surface area contributed by atoms with Crippen molar-refractivity contribution in [3.8, 4) is 0 Å². The van der Waals surface area contributed by atoms with Crippen LogP contribution in [-0.2, 0) is 14.8 Å². The van der Waals surface area contributed by atoms with Crippen LogP contribution in [0.3, 0.4) is 0 Å².